The predicted molar refractivity (Wildman–Crippen MR) is 112 cm³/mol. The lowest BCUT2D eigenvalue weighted by molar-refractivity contribution is -0.120. The number of carbonyl (C=O) groups excluding carboxylic acids is 2. The van der Waals surface area contributed by atoms with Crippen molar-refractivity contribution in [3.63, 3.8) is 0 Å². The molecular formula is C22H20Cl2N2O2. The van der Waals surface area contributed by atoms with Crippen LogP contribution in [0.4, 0.5) is 5.69 Å². The number of likely N-dealkylation sites (tertiary alicyclic amines) is 1. The summed E-state index contributed by atoms with van der Waals surface area (Å²) in [6.07, 6.45) is 3.16. The first-order chi connectivity index (χ1) is 13.5. The fraction of sp³-hybridized carbons (Fsp3) is 0.273. The van der Waals surface area contributed by atoms with Crippen molar-refractivity contribution in [2.75, 3.05) is 18.0 Å². The molecule has 0 aromatic heterocycles. The Morgan fingerprint density at radius 2 is 1.54 bits per heavy atom. The third-order valence-electron chi connectivity index (χ3n) is 5.28. The Bertz CT molecular complexity index is 977. The molecule has 4 rings (SSSR count). The standard InChI is InChI=1S/C22H20Cl2N2O2/c1-14-5-10-17(13-18(14)24)26-21(27)19(15-6-8-16(23)9-7-15)20(22(26)28)25-11-3-2-4-12-25/h5-10,13H,2-4,11-12H2,1H3. The molecule has 1 fully saturated rings. The second-order valence-electron chi connectivity index (χ2n) is 7.16. The number of amides is 2. The van der Waals surface area contributed by atoms with E-state index in [9.17, 15) is 9.59 Å². The van der Waals surface area contributed by atoms with Gasteiger partial charge in [0.2, 0.25) is 0 Å². The molecule has 2 heterocycles. The van der Waals surface area contributed by atoms with Crippen LogP contribution < -0.4 is 4.90 Å². The molecule has 6 heteroatoms. The van der Waals surface area contributed by atoms with E-state index in [-0.39, 0.29) is 11.8 Å². The van der Waals surface area contributed by atoms with Crippen LogP contribution in [0.25, 0.3) is 5.57 Å². The zero-order valence-electron chi connectivity index (χ0n) is 15.5. The molecule has 28 heavy (non-hydrogen) atoms. The molecule has 2 aromatic carbocycles. The van der Waals surface area contributed by atoms with Crippen molar-refractivity contribution in [1.82, 2.24) is 4.90 Å². The molecule has 2 aliphatic heterocycles. The van der Waals surface area contributed by atoms with Crippen LogP contribution in [0.15, 0.2) is 48.2 Å². The van der Waals surface area contributed by atoms with E-state index in [1.54, 1.807) is 36.4 Å². The normalized spacial score (nSPS) is 17.7. The fourth-order valence-electron chi connectivity index (χ4n) is 3.76. The summed E-state index contributed by atoms with van der Waals surface area (Å²) in [6, 6.07) is 12.3. The summed E-state index contributed by atoms with van der Waals surface area (Å²) in [5, 5.41) is 1.11. The SMILES string of the molecule is Cc1ccc(N2C(=O)C(c3ccc(Cl)cc3)=C(N3CCCCC3)C2=O)cc1Cl. The molecule has 0 N–H and O–H groups in total. The zero-order valence-corrected chi connectivity index (χ0v) is 17.1. The number of carbonyl (C=O) groups is 2. The molecule has 1 saturated heterocycles. The van der Waals surface area contributed by atoms with Gasteiger partial charge in [-0.15, -0.1) is 0 Å². The third-order valence-corrected chi connectivity index (χ3v) is 5.94. The summed E-state index contributed by atoms with van der Waals surface area (Å²) in [5.74, 6) is -0.621. The Morgan fingerprint density at radius 1 is 0.857 bits per heavy atom. The molecule has 0 atom stereocenters. The van der Waals surface area contributed by atoms with Crippen LogP contribution >= 0.6 is 23.2 Å². The van der Waals surface area contributed by atoms with Crippen LogP contribution in [0.3, 0.4) is 0 Å². The number of nitrogens with zero attached hydrogens (tertiary/aromatic N) is 2. The number of piperidine rings is 1. The number of hydrogen-bond acceptors (Lipinski definition) is 3. The Morgan fingerprint density at radius 3 is 2.18 bits per heavy atom. The molecule has 0 radical (unpaired) electrons. The highest BCUT2D eigenvalue weighted by molar-refractivity contribution is 6.45. The monoisotopic (exact) mass is 414 g/mol. The lowest BCUT2D eigenvalue weighted by Gasteiger charge is -2.29. The van der Waals surface area contributed by atoms with E-state index < -0.39 is 0 Å². The van der Waals surface area contributed by atoms with Crippen molar-refractivity contribution in [1.29, 1.82) is 0 Å². The van der Waals surface area contributed by atoms with E-state index in [1.807, 2.05) is 17.9 Å². The summed E-state index contributed by atoms with van der Waals surface area (Å²) in [4.78, 5) is 30.1. The number of aryl methyl sites for hydroxylation is 1. The first-order valence-corrected chi connectivity index (χ1v) is 10.1. The predicted octanol–water partition coefficient (Wildman–Crippen LogP) is 5.07. The van der Waals surface area contributed by atoms with Gasteiger partial charge in [-0.1, -0.05) is 41.4 Å². The molecular weight excluding hydrogens is 395 g/mol. The average molecular weight is 415 g/mol. The summed E-state index contributed by atoms with van der Waals surface area (Å²) < 4.78 is 0. The van der Waals surface area contributed by atoms with Crippen LogP contribution in [-0.4, -0.2) is 29.8 Å². The Balaban J connectivity index is 1.82. The van der Waals surface area contributed by atoms with Crippen LogP contribution in [0, 0.1) is 6.92 Å². The van der Waals surface area contributed by atoms with E-state index >= 15 is 0 Å². The van der Waals surface area contributed by atoms with Crippen LogP contribution in [0.2, 0.25) is 10.0 Å². The lowest BCUT2D eigenvalue weighted by atomic mass is 10.0. The van der Waals surface area contributed by atoms with E-state index in [0.29, 0.717) is 32.6 Å². The van der Waals surface area contributed by atoms with Gasteiger partial charge in [0.1, 0.15) is 5.70 Å². The molecule has 2 aliphatic rings. The van der Waals surface area contributed by atoms with Crippen LogP contribution in [-0.2, 0) is 9.59 Å². The second-order valence-corrected chi connectivity index (χ2v) is 8.00. The van der Waals surface area contributed by atoms with Crippen molar-refractivity contribution in [3.8, 4) is 0 Å². The number of rotatable bonds is 3. The van der Waals surface area contributed by atoms with Crippen molar-refractivity contribution >= 4 is 46.3 Å². The maximum Gasteiger partial charge on any atom is 0.282 e. The number of halogens is 2. The molecule has 0 spiro atoms. The molecule has 2 amide bonds. The van der Waals surface area contributed by atoms with Gasteiger partial charge in [-0.3, -0.25) is 9.59 Å². The molecule has 4 nitrogen and oxygen atoms in total. The van der Waals surface area contributed by atoms with E-state index in [2.05, 4.69) is 0 Å². The minimum Gasteiger partial charge on any atom is -0.366 e. The second kappa shape index (κ2) is 7.61. The van der Waals surface area contributed by atoms with Crippen molar-refractivity contribution in [2.45, 2.75) is 26.2 Å². The van der Waals surface area contributed by atoms with Crippen molar-refractivity contribution in [2.24, 2.45) is 0 Å². The fourth-order valence-corrected chi connectivity index (χ4v) is 4.06. The maximum atomic E-state index is 13.4. The molecule has 0 bridgehead atoms. The Hall–Kier alpha value is -2.30. The quantitative estimate of drug-likeness (QED) is 0.657. The first-order valence-electron chi connectivity index (χ1n) is 9.37. The maximum absolute atomic E-state index is 13.4. The summed E-state index contributed by atoms with van der Waals surface area (Å²) >= 11 is 12.3. The van der Waals surface area contributed by atoms with Gasteiger partial charge < -0.3 is 4.90 Å². The number of anilines is 1. The first kappa shape index (κ1) is 19.0. The molecule has 144 valence electrons. The zero-order chi connectivity index (χ0) is 19.8. The highest BCUT2D eigenvalue weighted by Gasteiger charge is 2.42. The van der Waals surface area contributed by atoms with Gasteiger partial charge >= 0.3 is 0 Å². The van der Waals surface area contributed by atoms with Gasteiger partial charge in [0, 0.05) is 23.1 Å². The number of imide groups is 1. The third kappa shape index (κ3) is 3.31. The largest absolute Gasteiger partial charge is 0.366 e. The summed E-state index contributed by atoms with van der Waals surface area (Å²) in [5.41, 5.74) is 2.99. The van der Waals surface area contributed by atoms with Gasteiger partial charge in [-0.05, 0) is 61.6 Å². The molecule has 0 unspecified atom stereocenters. The van der Waals surface area contributed by atoms with E-state index in [0.717, 1.165) is 37.9 Å². The Kier molecular flexibility index (Phi) is 5.17. The molecule has 0 aliphatic carbocycles. The highest BCUT2D eigenvalue weighted by Crippen LogP contribution is 2.37. The molecule has 2 aromatic rings. The van der Waals surface area contributed by atoms with E-state index in [1.165, 1.54) is 4.90 Å². The highest BCUT2D eigenvalue weighted by atomic mass is 35.5. The lowest BCUT2D eigenvalue weighted by Crippen LogP contribution is -2.37. The van der Waals surface area contributed by atoms with E-state index in [4.69, 9.17) is 23.2 Å². The van der Waals surface area contributed by atoms with Crippen molar-refractivity contribution < 1.29 is 9.59 Å². The van der Waals surface area contributed by atoms with Gasteiger partial charge in [0.25, 0.3) is 11.8 Å². The summed E-state index contributed by atoms with van der Waals surface area (Å²) in [6.45, 7) is 3.43. The van der Waals surface area contributed by atoms with Crippen LogP contribution in [0.5, 0.6) is 0 Å². The van der Waals surface area contributed by atoms with Gasteiger partial charge in [-0.25, -0.2) is 4.90 Å². The minimum atomic E-state index is -0.326. The van der Waals surface area contributed by atoms with Gasteiger partial charge in [-0.2, -0.15) is 0 Å². The Labute approximate surface area is 174 Å². The number of benzene rings is 2. The van der Waals surface area contributed by atoms with Gasteiger partial charge in [0.15, 0.2) is 0 Å². The minimum absolute atomic E-state index is 0.295. The number of hydrogen-bond donors (Lipinski definition) is 0. The van der Waals surface area contributed by atoms with Gasteiger partial charge in [0.05, 0.1) is 11.3 Å². The average Bonchev–Trinajstić information content (AvgIpc) is 2.96. The topological polar surface area (TPSA) is 40.6 Å². The van der Waals surface area contributed by atoms with Crippen molar-refractivity contribution in [3.05, 3.63) is 69.3 Å². The smallest absolute Gasteiger partial charge is 0.282 e. The molecule has 0 saturated carbocycles. The van der Waals surface area contributed by atoms with Crippen LogP contribution in [0.1, 0.15) is 30.4 Å². The summed E-state index contributed by atoms with van der Waals surface area (Å²) in [7, 11) is 0.